The van der Waals surface area contributed by atoms with Crippen LogP contribution in [-0.4, -0.2) is 16.9 Å². The van der Waals surface area contributed by atoms with Gasteiger partial charge in [-0.25, -0.2) is 0 Å². The van der Waals surface area contributed by atoms with Gasteiger partial charge in [0.1, 0.15) is 5.82 Å². The molecular formula is C21H18N2O2. The van der Waals surface area contributed by atoms with Gasteiger partial charge < -0.3 is 4.90 Å². The third-order valence-corrected chi connectivity index (χ3v) is 4.55. The van der Waals surface area contributed by atoms with Crippen LogP contribution in [0.3, 0.4) is 0 Å². The molecule has 25 heavy (non-hydrogen) atoms. The molecule has 0 aliphatic carbocycles. The van der Waals surface area contributed by atoms with E-state index in [0.29, 0.717) is 24.2 Å². The van der Waals surface area contributed by atoms with Gasteiger partial charge in [0.05, 0.1) is 5.56 Å². The number of aromatic nitrogens is 1. The first-order valence-electron chi connectivity index (χ1n) is 8.36. The minimum Gasteiger partial charge on any atom is -0.351 e. The van der Waals surface area contributed by atoms with Crippen LogP contribution in [0.2, 0.25) is 0 Å². The Balaban J connectivity index is 1.77. The van der Waals surface area contributed by atoms with Crippen LogP contribution in [0.15, 0.2) is 77.6 Å². The number of anilines is 1. The number of carbonyl (C=O) groups is 1. The first-order valence-corrected chi connectivity index (χ1v) is 8.36. The van der Waals surface area contributed by atoms with Crippen molar-refractivity contribution in [3.63, 3.8) is 0 Å². The zero-order valence-corrected chi connectivity index (χ0v) is 13.8. The molecule has 0 spiro atoms. The molecule has 4 nitrogen and oxygen atoms in total. The standard InChI is InChI=1S/C21H18N2O2/c24-19-12-11-18(20(25)17-9-5-2-6-10-17)21-22(13-14-23(19)21)15-16-7-3-1-4-8-16/h1-12H,13-15H2. The topological polar surface area (TPSA) is 42.3 Å². The fourth-order valence-electron chi connectivity index (χ4n) is 3.33. The largest absolute Gasteiger partial charge is 0.351 e. The van der Waals surface area contributed by atoms with Gasteiger partial charge in [0.25, 0.3) is 5.56 Å². The summed E-state index contributed by atoms with van der Waals surface area (Å²) in [5.41, 5.74) is 2.32. The number of hydrogen-bond acceptors (Lipinski definition) is 3. The molecule has 1 aliphatic heterocycles. The van der Waals surface area contributed by atoms with E-state index in [-0.39, 0.29) is 11.3 Å². The molecule has 0 radical (unpaired) electrons. The Hall–Kier alpha value is -3.14. The number of carbonyl (C=O) groups excluding carboxylic acids is 1. The fraction of sp³-hybridized carbons (Fsp3) is 0.143. The molecule has 0 unspecified atom stereocenters. The number of nitrogens with zero attached hydrogens (tertiary/aromatic N) is 2. The van der Waals surface area contributed by atoms with Crippen molar-refractivity contribution in [1.82, 2.24) is 4.57 Å². The van der Waals surface area contributed by atoms with Gasteiger partial charge in [0.2, 0.25) is 0 Å². The number of pyridine rings is 1. The summed E-state index contributed by atoms with van der Waals surface area (Å²) in [7, 11) is 0. The lowest BCUT2D eigenvalue weighted by molar-refractivity contribution is 0.103. The maximum atomic E-state index is 13.0. The lowest BCUT2D eigenvalue weighted by atomic mass is 10.0. The van der Waals surface area contributed by atoms with Gasteiger partial charge in [0, 0.05) is 31.3 Å². The van der Waals surface area contributed by atoms with Crippen molar-refractivity contribution in [3.05, 3.63) is 99.8 Å². The number of rotatable bonds is 4. The molecule has 0 bridgehead atoms. The maximum Gasteiger partial charge on any atom is 0.252 e. The minimum absolute atomic E-state index is 0.0516. The quantitative estimate of drug-likeness (QED) is 0.690. The second kappa shape index (κ2) is 6.40. The summed E-state index contributed by atoms with van der Waals surface area (Å²) in [6.07, 6.45) is 0. The Bertz CT molecular complexity index is 962. The lowest BCUT2D eigenvalue weighted by Crippen LogP contribution is -2.24. The SMILES string of the molecule is O=C(c1ccccc1)c1ccc(=O)n2c1N(Cc1ccccc1)CC2. The monoisotopic (exact) mass is 330 g/mol. The van der Waals surface area contributed by atoms with Crippen LogP contribution in [0, 0.1) is 0 Å². The van der Waals surface area contributed by atoms with Gasteiger partial charge in [-0.05, 0) is 11.6 Å². The van der Waals surface area contributed by atoms with Crippen molar-refractivity contribution in [2.24, 2.45) is 0 Å². The zero-order valence-electron chi connectivity index (χ0n) is 13.8. The molecule has 0 saturated heterocycles. The number of hydrogen-bond donors (Lipinski definition) is 0. The summed E-state index contributed by atoms with van der Waals surface area (Å²) in [5, 5.41) is 0. The van der Waals surface area contributed by atoms with E-state index in [9.17, 15) is 9.59 Å². The van der Waals surface area contributed by atoms with Crippen molar-refractivity contribution < 1.29 is 4.79 Å². The molecule has 4 rings (SSSR count). The van der Waals surface area contributed by atoms with Crippen LogP contribution in [0.5, 0.6) is 0 Å². The van der Waals surface area contributed by atoms with Gasteiger partial charge in [-0.15, -0.1) is 0 Å². The predicted octanol–water partition coefficient (Wildman–Crippen LogP) is 3.10. The second-order valence-corrected chi connectivity index (χ2v) is 6.16. The van der Waals surface area contributed by atoms with E-state index < -0.39 is 0 Å². The summed E-state index contributed by atoms with van der Waals surface area (Å²) < 4.78 is 1.71. The molecule has 0 fully saturated rings. The highest BCUT2D eigenvalue weighted by Gasteiger charge is 2.26. The van der Waals surface area contributed by atoms with Crippen LogP contribution in [0.25, 0.3) is 0 Å². The third kappa shape index (κ3) is 2.87. The number of fused-ring (bicyclic) bond motifs is 1. The van der Waals surface area contributed by atoms with Crippen LogP contribution in [0.1, 0.15) is 21.5 Å². The summed E-state index contributed by atoms with van der Waals surface area (Å²) in [5.74, 6) is 0.675. The second-order valence-electron chi connectivity index (χ2n) is 6.16. The van der Waals surface area contributed by atoms with Crippen LogP contribution in [-0.2, 0) is 13.1 Å². The van der Waals surface area contributed by atoms with Gasteiger partial charge in [-0.1, -0.05) is 60.7 Å². The van der Waals surface area contributed by atoms with Crippen LogP contribution >= 0.6 is 0 Å². The summed E-state index contributed by atoms with van der Waals surface area (Å²) >= 11 is 0. The Morgan fingerprint density at radius 1 is 0.840 bits per heavy atom. The average Bonchev–Trinajstić information content (AvgIpc) is 3.08. The Morgan fingerprint density at radius 2 is 1.52 bits per heavy atom. The number of ketones is 1. The van der Waals surface area contributed by atoms with Crippen molar-refractivity contribution >= 4 is 11.6 Å². The lowest BCUT2D eigenvalue weighted by Gasteiger charge is -2.21. The van der Waals surface area contributed by atoms with Crippen molar-refractivity contribution in [2.75, 3.05) is 11.4 Å². The molecule has 124 valence electrons. The molecule has 4 heteroatoms. The van der Waals surface area contributed by atoms with Crippen LogP contribution in [0.4, 0.5) is 5.82 Å². The van der Waals surface area contributed by atoms with Crippen molar-refractivity contribution in [3.8, 4) is 0 Å². The van der Waals surface area contributed by atoms with E-state index in [1.165, 1.54) is 6.07 Å². The molecule has 1 aliphatic rings. The molecule has 2 heterocycles. The normalized spacial score (nSPS) is 12.9. The Morgan fingerprint density at radius 3 is 2.24 bits per heavy atom. The summed E-state index contributed by atoms with van der Waals surface area (Å²) in [4.78, 5) is 27.3. The molecule has 0 amide bonds. The fourth-order valence-corrected chi connectivity index (χ4v) is 3.33. The average molecular weight is 330 g/mol. The van der Waals surface area contributed by atoms with Gasteiger partial charge in [0.15, 0.2) is 5.78 Å². The first-order chi connectivity index (χ1) is 12.2. The molecule has 0 saturated carbocycles. The first kappa shape index (κ1) is 15.4. The van der Waals surface area contributed by atoms with Crippen molar-refractivity contribution in [1.29, 1.82) is 0 Å². The predicted molar refractivity (Wildman–Crippen MR) is 98.1 cm³/mol. The highest BCUT2D eigenvalue weighted by atomic mass is 16.1. The van der Waals surface area contributed by atoms with E-state index in [1.54, 1.807) is 22.8 Å². The highest BCUT2D eigenvalue weighted by molar-refractivity contribution is 6.12. The Kier molecular flexibility index (Phi) is 3.94. The zero-order chi connectivity index (χ0) is 17.2. The summed E-state index contributed by atoms with van der Waals surface area (Å²) in [6.45, 7) is 2.01. The minimum atomic E-state index is -0.0600. The van der Waals surface area contributed by atoms with Crippen LogP contribution < -0.4 is 10.5 Å². The van der Waals surface area contributed by atoms with Crippen molar-refractivity contribution in [2.45, 2.75) is 13.1 Å². The number of benzene rings is 2. The molecule has 2 aromatic carbocycles. The van der Waals surface area contributed by atoms with E-state index >= 15 is 0 Å². The molecule has 1 aromatic heterocycles. The maximum absolute atomic E-state index is 13.0. The van der Waals surface area contributed by atoms with E-state index in [2.05, 4.69) is 17.0 Å². The smallest absolute Gasteiger partial charge is 0.252 e. The van der Waals surface area contributed by atoms with E-state index in [1.807, 2.05) is 36.4 Å². The van der Waals surface area contributed by atoms with Gasteiger partial charge in [-0.3, -0.25) is 14.2 Å². The summed E-state index contributed by atoms with van der Waals surface area (Å²) in [6, 6.07) is 22.5. The van der Waals surface area contributed by atoms with E-state index in [4.69, 9.17) is 0 Å². The molecule has 0 atom stereocenters. The highest BCUT2D eigenvalue weighted by Crippen LogP contribution is 2.27. The van der Waals surface area contributed by atoms with Gasteiger partial charge >= 0.3 is 0 Å². The molecule has 3 aromatic rings. The third-order valence-electron chi connectivity index (χ3n) is 4.55. The van der Waals surface area contributed by atoms with E-state index in [0.717, 1.165) is 17.9 Å². The Labute approximate surface area is 146 Å². The molecular weight excluding hydrogens is 312 g/mol. The van der Waals surface area contributed by atoms with Gasteiger partial charge in [-0.2, -0.15) is 0 Å². The molecule has 0 N–H and O–H groups in total.